The molecule has 6 nitrogen and oxygen atoms in total. The van der Waals surface area contributed by atoms with Crippen molar-refractivity contribution >= 4 is 22.5 Å². The Labute approximate surface area is 174 Å². The van der Waals surface area contributed by atoms with Gasteiger partial charge in [-0.3, -0.25) is 4.79 Å². The van der Waals surface area contributed by atoms with Crippen LogP contribution in [0.1, 0.15) is 17.9 Å². The highest BCUT2D eigenvalue weighted by molar-refractivity contribution is 5.91. The lowest BCUT2D eigenvalue weighted by molar-refractivity contribution is -0.116. The highest BCUT2D eigenvalue weighted by atomic mass is 16.5. The van der Waals surface area contributed by atoms with Gasteiger partial charge in [0.1, 0.15) is 12.4 Å². The third kappa shape index (κ3) is 4.78. The van der Waals surface area contributed by atoms with E-state index in [1.165, 1.54) is 0 Å². The standard InChI is InChI=1S/C24H22N2O4/c1-28-22-12-10-18(26-24(27)13-11-20-6-4-14-29-20)15-23(22)30-16-19-9-8-17-5-2-3-7-21(17)25-19/h2-10,12,14-15H,11,13,16H2,1H3,(H,26,27). The van der Waals surface area contributed by atoms with Gasteiger partial charge in [-0.25, -0.2) is 4.98 Å². The summed E-state index contributed by atoms with van der Waals surface area (Å²) >= 11 is 0. The Hall–Kier alpha value is -3.80. The number of amides is 1. The molecular formula is C24H22N2O4. The van der Waals surface area contributed by atoms with Crippen LogP contribution < -0.4 is 14.8 Å². The lowest BCUT2D eigenvalue weighted by atomic mass is 10.2. The van der Waals surface area contributed by atoms with E-state index in [-0.39, 0.29) is 12.5 Å². The summed E-state index contributed by atoms with van der Waals surface area (Å²) in [6, 6.07) is 20.9. The number of nitrogens with one attached hydrogen (secondary N) is 1. The average molecular weight is 402 g/mol. The van der Waals surface area contributed by atoms with Crippen LogP contribution in [0.15, 0.2) is 77.4 Å². The van der Waals surface area contributed by atoms with E-state index in [4.69, 9.17) is 13.9 Å². The molecule has 2 heterocycles. The van der Waals surface area contributed by atoms with Crippen LogP contribution in [0.25, 0.3) is 10.9 Å². The molecule has 0 atom stereocenters. The first kappa shape index (κ1) is 19.5. The number of anilines is 1. The molecule has 30 heavy (non-hydrogen) atoms. The molecule has 4 aromatic rings. The van der Waals surface area contributed by atoms with E-state index in [9.17, 15) is 4.79 Å². The molecule has 0 aliphatic rings. The van der Waals surface area contributed by atoms with Crippen LogP contribution >= 0.6 is 0 Å². The number of pyridine rings is 1. The van der Waals surface area contributed by atoms with Gasteiger partial charge in [0.25, 0.3) is 0 Å². The minimum Gasteiger partial charge on any atom is -0.493 e. The molecule has 4 rings (SSSR count). The molecule has 1 N–H and O–H groups in total. The molecule has 0 aliphatic carbocycles. The van der Waals surface area contributed by atoms with Gasteiger partial charge in [0.15, 0.2) is 11.5 Å². The fourth-order valence-electron chi connectivity index (χ4n) is 3.12. The van der Waals surface area contributed by atoms with Gasteiger partial charge in [-0.2, -0.15) is 0 Å². The number of aromatic nitrogens is 1. The van der Waals surface area contributed by atoms with Crippen molar-refractivity contribution in [1.82, 2.24) is 4.98 Å². The van der Waals surface area contributed by atoms with Gasteiger partial charge in [0, 0.05) is 30.0 Å². The molecule has 0 radical (unpaired) electrons. The summed E-state index contributed by atoms with van der Waals surface area (Å²) in [5.74, 6) is 1.81. The number of nitrogens with zero attached hydrogens (tertiary/aromatic N) is 1. The molecular weight excluding hydrogens is 380 g/mol. The van der Waals surface area contributed by atoms with Crippen molar-refractivity contribution < 1.29 is 18.7 Å². The van der Waals surface area contributed by atoms with E-state index in [0.29, 0.717) is 30.0 Å². The topological polar surface area (TPSA) is 73.6 Å². The van der Waals surface area contributed by atoms with Crippen molar-refractivity contribution in [2.75, 3.05) is 12.4 Å². The number of fused-ring (bicyclic) bond motifs is 1. The van der Waals surface area contributed by atoms with Crippen molar-refractivity contribution in [3.63, 3.8) is 0 Å². The fraction of sp³-hybridized carbons (Fsp3) is 0.167. The van der Waals surface area contributed by atoms with E-state index in [1.807, 2.05) is 48.5 Å². The summed E-state index contributed by atoms with van der Waals surface area (Å²) in [5.41, 5.74) is 2.37. The SMILES string of the molecule is COc1ccc(NC(=O)CCc2ccco2)cc1OCc1ccc2ccccc2n1. The van der Waals surface area contributed by atoms with Crippen molar-refractivity contribution in [3.8, 4) is 11.5 Å². The minimum atomic E-state index is -0.0984. The van der Waals surface area contributed by atoms with Gasteiger partial charge in [-0.15, -0.1) is 0 Å². The third-order valence-electron chi connectivity index (χ3n) is 4.66. The zero-order chi connectivity index (χ0) is 20.8. The molecule has 0 spiro atoms. The smallest absolute Gasteiger partial charge is 0.224 e. The summed E-state index contributed by atoms with van der Waals surface area (Å²) in [7, 11) is 1.58. The van der Waals surface area contributed by atoms with Crippen LogP contribution in [0, 0.1) is 0 Å². The quantitative estimate of drug-likeness (QED) is 0.450. The van der Waals surface area contributed by atoms with Gasteiger partial charge in [-0.05, 0) is 36.4 Å². The maximum Gasteiger partial charge on any atom is 0.224 e. The number of benzene rings is 2. The zero-order valence-electron chi connectivity index (χ0n) is 16.6. The van der Waals surface area contributed by atoms with E-state index < -0.39 is 0 Å². The van der Waals surface area contributed by atoms with E-state index in [0.717, 1.165) is 22.4 Å². The molecule has 6 heteroatoms. The first-order valence-electron chi connectivity index (χ1n) is 9.69. The lowest BCUT2D eigenvalue weighted by Gasteiger charge is -2.13. The third-order valence-corrected chi connectivity index (χ3v) is 4.66. The van der Waals surface area contributed by atoms with Crippen LogP contribution in [0.4, 0.5) is 5.69 Å². The Morgan fingerprint density at radius 2 is 1.93 bits per heavy atom. The summed E-state index contributed by atoms with van der Waals surface area (Å²) in [4.78, 5) is 16.9. The molecule has 0 saturated heterocycles. The predicted octanol–water partition coefficient (Wildman–Crippen LogP) is 4.99. The molecule has 0 fully saturated rings. The minimum absolute atomic E-state index is 0.0984. The first-order chi connectivity index (χ1) is 14.7. The number of carbonyl (C=O) groups is 1. The molecule has 2 aromatic carbocycles. The number of aryl methyl sites for hydroxylation is 1. The highest BCUT2D eigenvalue weighted by Gasteiger charge is 2.10. The summed E-state index contributed by atoms with van der Waals surface area (Å²) in [6.45, 7) is 0.289. The number of hydrogen-bond acceptors (Lipinski definition) is 5. The van der Waals surface area contributed by atoms with Crippen molar-refractivity contribution in [2.45, 2.75) is 19.4 Å². The molecule has 0 bridgehead atoms. The van der Waals surface area contributed by atoms with Crippen molar-refractivity contribution in [1.29, 1.82) is 0 Å². The van der Waals surface area contributed by atoms with Gasteiger partial charge < -0.3 is 19.2 Å². The summed E-state index contributed by atoms with van der Waals surface area (Å²) in [6.07, 6.45) is 2.48. The fourth-order valence-corrected chi connectivity index (χ4v) is 3.12. The number of para-hydroxylation sites is 1. The molecule has 0 unspecified atom stereocenters. The Kier molecular flexibility index (Phi) is 5.94. The van der Waals surface area contributed by atoms with E-state index in [1.54, 1.807) is 31.6 Å². The number of methoxy groups -OCH3 is 1. The maximum atomic E-state index is 12.2. The maximum absolute atomic E-state index is 12.2. The number of rotatable bonds is 8. The zero-order valence-corrected chi connectivity index (χ0v) is 16.6. The second-order valence-electron chi connectivity index (χ2n) is 6.78. The van der Waals surface area contributed by atoms with Gasteiger partial charge in [-0.1, -0.05) is 24.3 Å². The summed E-state index contributed by atoms with van der Waals surface area (Å²) in [5, 5.41) is 3.97. The van der Waals surface area contributed by atoms with Gasteiger partial charge in [0.05, 0.1) is 24.6 Å². The van der Waals surface area contributed by atoms with Crippen LogP contribution in [0.3, 0.4) is 0 Å². The Balaban J connectivity index is 1.41. The molecule has 0 aliphatic heterocycles. The lowest BCUT2D eigenvalue weighted by Crippen LogP contribution is -2.12. The second-order valence-corrected chi connectivity index (χ2v) is 6.78. The molecule has 0 saturated carbocycles. The number of hydrogen-bond donors (Lipinski definition) is 1. The van der Waals surface area contributed by atoms with Crippen LogP contribution in [-0.4, -0.2) is 18.0 Å². The first-order valence-corrected chi connectivity index (χ1v) is 9.69. The number of furan rings is 1. The van der Waals surface area contributed by atoms with Crippen molar-refractivity contribution in [2.24, 2.45) is 0 Å². The second kappa shape index (κ2) is 9.13. The Morgan fingerprint density at radius 1 is 1.03 bits per heavy atom. The van der Waals surface area contributed by atoms with Crippen molar-refractivity contribution in [3.05, 3.63) is 84.4 Å². The molecule has 152 valence electrons. The normalized spacial score (nSPS) is 10.7. The Bertz CT molecular complexity index is 1140. The molecule has 1 amide bonds. The van der Waals surface area contributed by atoms with Crippen LogP contribution in [-0.2, 0) is 17.8 Å². The monoisotopic (exact) mass is 402 g/mol. The largest absolute Gasteiger partial charge is 0.493 e. The number of carbonyl (C=O) groups excluding carboxylic acids is 1. The van der Waals surface area contributed by atoms with E-state index in [2.05, 4.69) is 10.3 Å². The number of ether oxygens (including phenoxy) is 2. The van der Waals surface area contributed by atoms with Crippen LogP contribution in [0.2, 0.25) is 0 Å². The van der Waals surface area contributed by atoms with E-state index >= 15 is 0 Å². The highest BCUT2D eigenvalue weighted by Crippen LogP contribution is 2.31. The molecule has 2 aromatic heterocycles. The summed E-state index contributed by atoms with van der Waals surface area (Å²) < 4.78 is 16.6. The van der Waals surface area contributed by atoms with Gasteiger partial charge >= 0.3 is 0 Å². The van der Waals surface area contributed by atoms with Crippen LogP contribution in [0.5, 0.6) is 11.5 Å². The average Bonchev–Trinajstić information content (AvgIpc) is 3.30. The Morgan fingerprint density at radius 3 is 2.77 bits per heavy atom. The predicted molar refractivity (Wildman–Crippen MR) is 115 cm³/mol. The van der Waals surface area contributed by atoms with Gasteiger partial charge in [0.2, 0.25) is 5.91 Å².